The van der Waals surface area contributed by atoms with Crippen molar-refractivity contribution in [1.82, 2.24) is 9.13 Å². The van der Waals surface area contributed by atoms with Gasteiger partial charge in [0.2, 0.25) is 0 Å². The van der Waals surface area contributed by atoms with Gasteiger partial charge in [0.05, 0.1) is 24.2 Å². The molecule has 0 spiro atoms. The molecule has 0 radical (unpaired) electrons. The summed E-state index contributed by atoms with van der Waals surface area (Å²) in [5.41, 5.74) is 1.16. The van der Waals surface area contributed by atoms with Crippen molar-refractivity contribution in [3.05, 3.63) is 34.7 Å². The second-order valence-electron chi connectivity index (χ2n) is 4.15. The molecule has 2 rings (SSSR count). The molecule has 0 atom stereocenters. The Labute approximate surface area is 107 Å². The van der Waals surface area contributed by atoms with E-state index in [1.54, 1.807) is 31.3 Å². The summed E-state index contributed by atoms with van der Waals surface area (Å²) in [6.07, 6.45) is -4.34. The molecular weight excluding hydrogens is 261 g/mol. The molecule has 0 saturated carbocycles. The molecule has 0 amide bonds. The zero-order chi connectivity index (χ0) is 14.0. The van der Waals surface area contributed by atoms with Gasteiger partial charge in [0.25, 0.3) is 0 Å². The highest BCUT2D eigenvalue weighted by Gasteiger charge is 2.27. The number of hydrogen-bond donors (Lipinski definition) is 0. The van der Waals surface area contributed by atoms with E-state index in [1.807, 2.05) is 0 Å². The van der Waals surface area contributed by atoms with Crippen molar-refractivity contribution in [2.24, 2.45) is 7.05 Å². The van der Waals surface area contributed by atoms with E-state index in [1.165, 1.54) is 9.13 Å². The number of halogens is 3. The van der Waals surface area contributed by atoms with Crippen LogP contribution in [0, 0.1) is 0 Å². The van der Waals surface area contributed by atoms with Crippen LogP contribution in [0.1, 0.15) is 0 Å². The Balaban J connectivity index is 2.13. The number of fused-ring (bicyclic) bond motifs is 1. The Bertz CT molecular complexity index is 628. The third kappa shape index (κ3) is 2.98. The molecule has 0 saturated heterocycles. The van der Waals surface area contributed by atoms with Crippen molar-refractivity contribution in [3.63, 3.8) is 0 Å². The van der Waals surface area contributed by atoms with Gasteiger partial charge in [0.15, 0.2) is 0 Å². The van der Waals surface area contributed by atoms with Gasteiger partial charge in [-0.2, -0.15) is 13.2 Å². The van der Waals surface area contributed by atoms with E-state index in [2.05, 4.69) is 4.74 Å². The Morgan fingerprint density at radius 1 is 1.21 bits per heavy atom. The van der Waals surface area contributed by atoms with Gasteiger partial charge in [0.1, 0.15) is 6.61 Å². The van der Waals surface area contributed by atoms with E-state index >= 15 is 0 Å². The first kappa shape index (κ1) is 13.7. The number of benzene rings is 1. The van der Waals surface area contributed by atoms with Crippen LogP contribution >= 0.6 is 0 Å². The fourth-order valence-corrected chi connectivity index (χ4v) is 1.92. The van der Waals surface area contributed by atoms with Crippen LogP contribution in [0.25, 0.3) is 11.0 Å². The molecule has 0 aliphatic carbocycles. The van der Waals surface area contributed by atoms with Crippen LogP contribution in [0.5, 0.6) is 0 Å². The first-order chi connectivity index (χ1) is 8.90. The average Bonchev–Trinajstić information content (AvgIpc) is 2.58. The SMILES string of the molecule is Cn1c(=O)n(CCOCC(F)(F)F)c2ccccc21. The molecule has 0 aliphatic rings. The minimum absolute atomic E-state index is 0.0935. The Morgan fingerprint density at radius 3 is 2.47 bits per heavy atom. The van der Waals surface area contributed by atoms with Crippen molar-refractivity contribution in [1.29, 1.82) is 0 Å². The van der Waals surface area contributed by atoms with E-state index in [0.717, 1.165) is 5.52 Å². The minimum Gasteiger partial charge on any atom is -0.370 e. The maximum atomic E-state index is 11.9. The number of aromatic nitrogens is 2. The maximum Gasteiger partial charge on any atom is 0.411 e. The zero-order valence-electron chi connectivity index (χ0n) is 10.3. The number of hydrogen-bond acceptors (Lipinski definition) is 2. The molecule has 0 unspecified atom stereocenters. The predicted octanol–water partition coefficient (Wildman–Crippen LogP) is 1.92. The van der Waals surface area contributed by atoms with Crippen LogP contribution < -0.4 is 5.69 Å². The van der Waals surface area contributed by atoms with Crippen molar-refractivity contribution in [2.75, 3.05) is 13.2 Å². The number of imidazole rings is 1. The van der Waals surface area contributed by atoms with Gasteiger partial charge in [-0.3, -0.25) is 9.13 Å². The topological polar surface area (TPSA) is 36.2 Å². The Hall–Kier alpha value is -1.76. The predicted molar refractivity (Wildman–Crippen MR) is 64.1 cm³/mol. The van der Waals surface area contributed by atoms with Gasteiger partial charge in [-0.05, 0) is 12.1 Å². The summed E-state index contributed by atoms with van der Waals surface area (Å²) in [6, 6.07) is 7.10. The largest absolute Gasteiger partial charge is 0.411 e. The molecule has 19 heavy (non-hydrogen) atoms. The number of nitrogens with zero attached hydrogens (tertiary/aromatic N) is 2. The van der Waals surface area contributed by atoms with Crippen LogP contribution in [0.15, 0.2) is 29.1 Å². The number of ether oxygens (including phenoxy) is 1. The molecule has 0 aliphatic heterocycles. The number of para-hydroxylation sites is 2. The van der Waals surface area contributed by atoms with E-state index in [9.17, 15) is 18.0 Å². The Kier molecular flexibility index (Phi) is 3.66. The van der Waals surface area contributed by atoms with Gasteiger partial charge >= 0.3 is 11.9 Å². The number of rotatable bonds is 4. The monoisotopic (exact) mass is 274 g/mol. The number of alkyl halides is 3. The van der Waals surface area contributed by atoms with Gasteiger partial charge in [-0.15, -0.1) is 0 Å². The lowest BCUT2D eigenvalue weighted by molar-refractivity contribution is -0.174. The molecule has 2 aromatic rings. The highest BCUT2D eigenvalue weighted by atomic mass is 19.4. The van der Waals surface area contributed by atoms with E-state index in [4.69, 9.17) is 0 Å². The first-order valence-electron chi connectivity index (χ1n) is 5.69. The van der Waals surface area contributed by atoms with Gasteiger partial charge in [-0.25, -0.2) is 4.79 Å². The molecule has 4 nitrogen and oxygen atoms in total. The van der Waals surface area contributed by atoms with Crippen LogP contribution in [0.3, 0.4) is 0 Å². The van der Waals surface area contributed by atoms with Crippen LogP contribution in [-0.2, 0) is 18.3 Å². The van der Waals surface area contributed by atoms with E-state index in [-0.39, 0.29) is 18.8 Å². The maximum absolute atomic E-state index is 11.9. The third-order valence-corrected chi connectivity index (χ3v) is 2.78. The second-order valence-corrected chi connectivity index (χ2v) is 4.15. The fourth-order valence-electron chi connectivity index (χ4n) is 1.92. The molecule has 0 bridgehead atoms. The summed E-state index contributed by atoms with van der Waals surface area (Å²) in [4.78, 5) is 11.9. The molecule has 0 N–H and O–H groups in total. The normalized spacial score (nSPS) is 12.2. The van der Waals surface area contributed by atoms with Crippen LogP contribution in [-0.4, -0.2) is 28.5 Å². The molecule has 1 aromatic heterocycles. The van der Waals surface area contributed by atoms with E-state index in [0.29, 0.717) is 5.52 Å². The van der Waals surface area contributed by atoms with Crippen molar-refractivity contribution in [3.8, 4) is 0 Å². The van der Waals surface area contributed by atoms with Gasteiger partial charge < -0.3 is 4.74 Å². The first-order valence-corrected chi connectivity index (χ1v) is 5.69. The highest BCUT2D eigenvalue weighted by Crippen LogP contribution is 2.15. The quantitative estimate of drug-likeness (QED) is 0.799. The molecule has 7 heteroatoms. The van der Waals surface area contributed by atoms with Crippen LogP contribution in [0.4, 0.5) is 13.2 Å². The summed E-state index contributed by atoms with van der Waals surface area (Å²) in [5, 5.41) is 0. The molecule has 1 aromatic carbocycles. The molecular formula is C12H13F3N2O2. The average molecular weight is 274 g/mol. The summed E-state index contributed by atoms with van der Waals surface area (Å²) < 4.78 is 43.1. The highest BCUT2D eigenvalue weighted by molar-refractivity contribution is 5.75. The lowest BCUT2D eigenvalue weighted by atomic mass is 10.3. The fraction of sp³-hybridized carbons (Fsp3) is 0.417. The van der Waals surface area contributed by atoms with Crippen molar-refractivity contribution >= 4 is 11.0 Å². The molecule has 104 valence electrons. The molecule has 0 fully saturated rings. The standard InChI is InChI=1S/C12H13F3N2O2/c1-16-9-4-2-3-5-10(9)17(11(16)18)6-7-19-8-12(13,14)15/h2-5H,6-8H2,1H3. The zero-order valence-corrected chi connectivity index (χ0v) is 10.3. The summed E-state index contributed by atoms with van der Waals surface area (Å²) >= 11 is 0. The van der Waals surface area contributed by atoms with Crippen LogP contribution in [0.2, 0.25) is 0 Å². The minimum atomic E-state index is -4.34. The summed E-state index contributed by atoms with van der Waals surface area (Å²) in [5.74, 6) is 0. The van der Waals surface area contributed by atoms with E-state index < -0.39 is 12.8 Å². The lowest BCUT2D eigenvalue weighted by Gasteiger charge is -2.08. The Morgan fingerprint density at radius 2 is 1.84 bits per heavy atom. The second kappa shape index (κ2) is 5.08. The summed E-state index contributed by atoms with van der Waals surface area (Å²) in [7, 11) is 1.62. The van der Waals surface area contributed by atoms with Gasteiger partial charge in [-0.1, -0.05) is 12.1 Å². The molecule has 1 heterocycles. The lowest BCUT2D eigenvalue weighted by Crippen LogP contribution is -2.25. The van der Waals surface area contributed by atoms with Gasteiger partial charge in [0, 0.05) is 7.05 Å². The number of aryl methyl sites for hydroxylation is 1. The smallest absolute Gasteiger partial charge is 0.370 e. The van der Waals surface area contributed by atoms with Crippen molar-refractivity contribution in [2.45, 2.75) is 12.7 Å². The van der Waals surface area contributed by atoms with Crippen molar-refractivity contribution < 1.29 is 17.9 Å². The third-order valence-electron chi connectivity index (χ3n) is 2.78. The summed E-state index contributed by atoms with van der Waals surface area (Å²) in [6.45, 7) is -1.36.